The molecule has 0 aromatic heterocycles. The van der Waals surface area contributed by atoms with Crippen LogP contribution in [0, 0.1) is 5.92 Å². The lowest BCUT2D eigenvalue weighted by Crippen LogP contribution is -2.46. The lowest BCUT2D eigenvalue weighted by atomic mass is 10.0. The summed E-state index contributed by atoms with van der Waals surface area (Å²) in [5.41, 5.74) is 0. The number of nitrogens with one attached hydrogen (secondary N) is 1. The summed E-state index contributed by atoms with van der Waals surface area (Å²) in [6, 6.07) is 0. The highest BCUT2D eigenvalue weighted by molar-refractivity contribution is 7.89. The number of hydrogen-bond acceptors (Lipinski definition) is 5. The number of nitrogens with zero attached hydrogens (tertiary/aromatic N) is 1. The second kappa shape index (κ2) is 6.88. The zero-order chi connectivity index (χ0) is 15.5. The van der Waals surface area contributed by atoms with Crippen molar-refractivity contribution >= 4 is 20.2 Å². The molecule has 0 amide bonds. The summed E-state index contributed by atoms with van der Waals surface area (Å²) in [4.78, 5) is 0. The Morgan fingerprint density at radius 3 is 2.57 bits per heavy atom. The minimum Gasteiger partial charge on any atom is -0.377 e. The first-order valence-corrected chi connectivity index (χ1v) is 10.3. The average Bonchev–Trinajstić information content (AvgIpc) is 2.88. The van der Waals surface area contributed by atoms with E-state index in [-0.39, 0.29) is 24.3 Å². The summed E-state index contributed by atoms with van der Waals surface area (Å²) in [6.07, 6.45) is 2.98. The maximum atomic E-state index is 12.4. The van der Waals surface area contributed by atoms with Crippen molar-refractivity contribution in [2.45, 2.75) is 31.8 Å². The third kappa shape index (κ3) is 5.46. The topological polar surface area (TPSA) is 119 Å². The predicted molar refractivity (Wildman–Crippen MR) is 78.2 cm³/mol. The molecule has 2 fully saturated rings. The van der Waals surface area contributed by atoms with Crippen LogP contribution in [-0.4, -0.2) is 59.2 Å². The van der Waals surface area contributed by atoms with Gasteiger partial charge in [-0.3, -0.25) is 0 Å². The molecule has 0 aromatic carbocycles. The lowest BCUT2D eigenvalue weighted by molar-refractivity contribution is 0.125. The van der Waals surface area contributed by atoms with Crippen LogP contribution in [0.25, 0.3) is 0 Å². The minimum absolute atomic E-state index is 0.0162. The van der Waals surface area contributed by atoms with Gasteiger partial charge in [-0.1, -0.05) is 0 Å². The maximum absolute atomic E-state index is 12.4. The molecule has 3 N–H and O–H groups in total. The third-order valence-corrected chi connectivity index (χ3v) is 6.35. The Bertz CT molecular complexity index is 542. The van der Waals surface area contributed by atoms with E-state index in [1.54, 1.807) is 0 Å². The monoisotopic (exact) mass is 341 g/mol. The molecule has 124 valence electrons. The van der Waals surface area contributed by atoms with Crippen LogP contribution in [0.15, 0.2) is 0 Å². The Kier molecular flexibility index (Phi) is 5.60. The molecule has 2 rings (SSSR count). The Morgan fingerprint density at radius 2 is 1.95 bits per heavy atom. The molecular formula is C11H23N3O5S2. The molecule has 2 saturated heterocycles. The Balaban J connectivity index is 1.90. The van der Waals surface area contributed by atoms with Crippen molar-refractivity contribution in [3.05, 3.63) is 0 Å². The standard InChI is InChI=1S/C11H23N3O5S2/c12-21(17,18)13-7-10-3-1-5-14(8-10)20(15,16)9-11-4-2-6-19-11/h10-11,13H,1-9H2,(H2,12,17,18). The van der Waals surface area contributed by atoms with Gasteiger partial charge in [-0.05, 0) is 31.6 Å². The second-order valence-electron chi connectivity index (χ2n) is 5.67. The van der Waals surface area contributed by atoms with E-state index >= 15 is 0 Å². The quantitative estimate of drug-likeness (QED) is 0.642. The molecule has 0 aliphatic carbocycles. The van der Waals surface area contributed by atoms with E-state index in [4.69, 9.17) is 9.88 Å². The molecule has 0 saturated carbocycles. The molecule has 10 heteroatoms. The number of ether oxygens (including phenoxy) is 1. The zero-order valence-corrected chi connectivity index (χ0v) is 13.5. The van der Waals surface area contributed by atoms with Crippen molar-refractivity contribution in [2.24, 2.45) is 11.1 Å². The van der Waals surface area contributed by atoms with Gasteiger partial charge in [0.25, 0.3) is 10.2 Å². The fourth-order valence-electron chi connectivity index (χ4n) is 2.80. The van der Waals surface area contributed by atoms with Gasteiger partial charge in [0.2, 0.25) is 10.0 Å². The van der Waals surface area contributed by atoms with Crippen LogP contribution in [0.3, 0.4) is 0 Å². The van der Waals surface area contributed by atoms with E-state index in [2.05, 4.69) is 4.72 Å². The molecule has 0 bridgehead atoms. The lowest BCUT2D eigenvalue weighted by Gasteiger charge is -2.32. The fourth-order valence-corrected chi connectivity index (χ4v) is 5.05. The van der Waals surface area contributed by atoms with E-state index in [0.29, 0.717) is 19.7 Å². The average molecular weight is 341 g/mol. The van der Waals surface area contributed by atoms with Crippen LogP contribution < -0.4 is 9.86 Å². The highest BCUT2D eigenvalue weighted by Crippen LogP contribution is 2.22. The summed E-state index contributed by atoms with van der Waals surface area (Å²) in [5, 5.41) is 4.89. The van der Waals surface area contributed by atoms with Gasteiger partial charge in [0.15, 0.2) is 0 Å². The van der Waals surface area contributed by atoms with Crippen LogP contribution in [0.2, 0.25) is 0 Å². The first-order valence-electron chi connectivity index (χ1n) is 7.13. The molecule has 0 spiro atoms. The van der Waals surface area contributed by atoms with Crippen LogP contribution in [0.4, 0.5) is 0 Å². The molecule has 0 radical (unpaired) electrons. The van der Waals surface area contributed by atoms with Crippen molar-refractivity contribution in [3.8, 4) is 0 Å². The van der Waals surface area contributed by atoms with E-state index in [0.717, 1.165) is 25.7 Å². The summed E-state index contributed by atoms with van der Waals surface area (Å²) in [6.45, 7) is 1.62. The Morgan fingerprint density at radius 1 is 1.19 bits per heavy atom. The third-order valence-electron chi connectivity index (χ3n) is 3.87. The van der Waals surface area contributed by atoms with Gasteiger partial charge >= 0.3 is 0 Å². The van der Waals surface area contributed by atoms with Crippen LogP contribution >= 0.6 is 0 Å². The highest BCUT2D eigenvalue weighted by atomic mass is 32.2. The first kappa shape index (κ1) is 17.1. The van der Waals surface area contributed by atoms with Crippen LogP contribution in [0.1, 0.15) is 25.7 Å². The van der Waals surface area contributed by atoms with Gasteiger partial charge in [0.1, 0.15) is 0 Å². The van der Waals surface area contributed by atoms with E-state index in [1.807, 2.05) is 0 Å². The SMILES string of the molecule is NS(=O)(=O)NCC1CCCN(S(=O)(=O)CC2CCCO2)C1. The number of nitrogens with two attached hydrogens (primary N) is 1. The number of hydrogen-bond donors (Lipinski definition) is 2. The first-order chi connectivity index (χ1) is 9.76. The summed E-state index contributed by atoms with van der Waals surface area (Å²) in [5.74, 6) is -0.0288. The normalized spacial score (nSPS) is 28.8. The molecule has 2 aliphatic rings. The molecule has 2 aliphatic heterocycles. The number of sulfonamides is 1. The molecule has 2 atom stereocenters. The Hall–Kier alpha value is -0.260. The fraction of sp³-hybridized carbons (Fsp3) is 1.00. The van der Waals surface area contributed by atoms with Gasteiger partial charge in [-0.25, -0.2) is 22.6 Å². The zero-order valence-electron chi connectivity index (χ0n) is 11.9. The molecule has 0 aromatic rings. The van der Waals surface area contributed by atoms with E-state index in [1.165, 1.54) is 4.31 Å². The summed E-state index contributed by atoms with van der Waals surface area (Å²) < 4.78 is 55.6. The summed E-state index contributed by atoms with van der Waals surface area (Å²) in [7, 11) is -7.09. The van der Waals surface area contributed by atoms with Gasteiger partial charge in [0.05, 0.1) is 11.9 Å². The van der Waals surface area contributed by atoms with Crippen molar-refractivity contribution in [3.63, 3.8) is 0 Å². The predicted octanol–water partition coefficient (Wildman–Crippen LogP) is -1.000. The highest BCUT2D eigenvalue weighted by Gasteiger charge is 2.32. The minimum atomic E-state index is -3.73. The summed E-state index contributed by atoms with van der Waals surface area (Å²) >= 11 is 0. The van der Waals surface area contributed by atoms with Gasteiger partial charge in [0, 0.05) is 26.2 Å². The van der Waals surface area contributed by atoms with Crippen molar-refractivity contribution in [2.75, 3.05) is 32.0 Å². The maximum Gasteiger partial charge on any atom is 0.274 e. The second-order valence-corrected chi connectivity index (χ2v) is 9.07. The van der Waals surface area contributed by atoms with Crippen LogP contribution in [0.5, 0.6) is 0 Å². The number of rotatable bonds is 6. The number of piperidine rings is 1. The van der Waals surface area contributed by atoms with Crippen molar-refractivity contribution in [1.82, 2.24) is 9.03 Å². The smallest absolute Gasteiger partial charge is 0.274 e. The van der Waals surface area contributed by atoms with Gasteiger partial charge in [-0.15, -0.1) is 0 Å². The molecule has 2 heterocycles. The van der Waals surface area contributed by atoms with Crippen LogP contribution in [-0.2, 0) is 25.0 Å². The molecule has 2 unspecified atom stereocenters. The molecule has 8 nitrogen and oxygen atoms in total. The van der Waals surface area contributed by atoms with E-state index in [9.17, 15) is 16.8 Å². The van der Waals surface area contributed by atoms with Crippen molar-refractivity contribution in [1.29, 1.82) is 0 Å². The van der Waals surface area contributed by atoms with Crippen molar-refractivity contribution < 1.29 is 21.6 Å². The largest absolute Gasteiger partial charge is 0.377 e. The van der Waals surface area contributed by atoms with Gasteiger partial charge in [-0.2, -0.15) is 8.42 Å². The molecule has 21 heavy (non-hydrogen) atoms. The Labute approximate surface area is 126 Å². The van der Waals surface area contributed by atoms with Gasteiger partial charge < -0.3 is 4.74 Å². The van der Waals surface area contributed by atoms with E-state index < -0.39 is 20.2 Å². The molecular weight excluding hydrogens is 318 g/mol.